The van der Waals surface area contributed by atoms with Crippen molar-refractivity contribution in [2.45, 2.75) is 19.4 Å². The molecule has 1 aliphatic rings. The second-order valence-corrected chi connectivity index (χ2v) is 5.77. The van der Waals surface area contributed by atoms with Crippen LogP contribution in [0.4, 0.5) is 10.1 Å². The Balaban J connectivity index is 1.65. The van der Waals surface area contributed by atoms with Crippen molar-refractivity contribution < 1.29 is 18.8 Å². The van der Waals surface area contributed by atoms with E-state index in [0.717, 1.165) is 10.5 Å². The number of aryl methyl sites for hydroxylation is 1. The van der Waals surface area contributed by atoms with Crippen molar-refractivity contribution in [1.29, 1.82) is 0 Å². The van der Waals surface area contributed by atoms with Crippen LogP contribution >= 0.6 is 0 Å². The zero-order chi connectivity index (χ0) is 18.0. The molecule has 1 saturated heterocycles. The number of carbonyl (C=O) groups is 3. The normalized spacial score (nSPS) is 17.0. The fourth-order valence-electron chi connectivity index (χ4n) is 2.54. The smallest absolute Gasteiger partial charge is 0.265 e. The van der Waals surface area contributed by atoms with Crippen LogP contribution in [0, 0.1) is 12.7 Å². The van der Waals surface area contributed by atoms with Crippen molar-refractivity contribution in [3.63, 3.8) is 0 Å². The molecule has 7 heteroatoms. The number of halogens is 1. The number of benzene rings is 2. The predicted octanol–water partition coefficient (Wildman–Crippen LogP) is 1.70. The lowest BCUT2D eigenvalue weighted by Gasteiger charge is -2.16. The van der Waals surface area contributed by atoms with Crippen LogP contribution in [0.25, 0.3) is 0 Å². The first kappa shape index (κ1) is 16.8. The molecule has 1 heterocycles. The van der Waals surface area contributed by atoms with E-state index in [1.165, 1.54) is 24.3 Å². The summed E-state index contributed by atoms with van der Waals surface area (Å²) in [6, 6.07) is 11.1. The molecule has 0 saturated carbocycles. The summed E-state index contributed by atoms with van der Waals surface area (Å²) < 4.78 is 13.0. The Bertz CT molecular complexity index is 818. The third-order valence-corrected chi connectivity index (χ3v) is 3.91. The number of carbonyl (C=O) groups excluding carboxylic acids is 3. The molecular weight excluding hydrogens is 325 g/mol. The quantitative estimate of drug-likeness (QED) is 0.655. The van der Waals surface area contributed by atoms with E-state index in [-0.39, 0.29) is 6.42 Å². The molecule has 0 aromatic heterocycles. The highest BCUT2D eigenvalue weighted by Gasteiger charge is 2.39. The predicted molar refractivity (Wildman–Crippen MR) is 89.1 cm³/mol. The van der Waals surface area contributed by atoms with E-state index in [4.69, 9.17) is 0 Å². The Morgan fingerprint density at radius 2 is 1.72 bits per heavy atom. The van der Waals surface area contributed by atoms with Gasteiger partial charge in [0.15, 0.2) is 0 Å². The van der Waals surface area contributed by atoms with Crippen LogP contribution < -0.4 is 15.8 Å². The van der Waals surface area contributed by atoms with Crippen LogP contribution in [0.2, 0.25) is 0 Å². The average Bonchev–Trinajstić information content (AvgIpc) is 2.88. The molecule has 0 radical (unpaired) electrons. The Morgan fingerprint density at radius 3 is 2.36 bits per heavy atom. The zero-order valence-electron chi connectivity index (χ0n) is 13.5. The highest BCUT2D eigenvalue weighted by atomic mass is 19.1. The van der Waals surface area contributed by atoms with Gasteiger partial charge in [0, 0.05) is 5.56 Å². The van der Waals surface area contributed by atoms with E-state index in [0.29, 0.717) is 11.3 Å². The second-order valence-electron chi connectivity index (χ2n) is 5.77. The molecule has 6 nitrogen and oxygen atoms in total. The van der Waals surface area contributed by atoms with Gasteiger partial charge in [-0.3, -0.25) is 19.8 Å². The molecule has 25 heavy (non-hydrogen) atoms. The third-order valence-electron chi connectivity index (χ3n) is 3.91. The molecule has 0 bridgehead atoms. The fraction of sp³-hybridized carbons (Fsp3) is 0.167. The highest BCUT2D eigenvalue weighted by Crippen LogP contribution is 2.22. The fourth-order valence-corrected chi connectivity index (χ4v) is 2.54. The number of hydrogen-bond acceptors (Lipinski definition) is 4. The molecule has 3 amide bonds. The first-order valence-corrected chi connectivity index (χ1v) is 7.70. The molecule has 1 fully saturated rings. The Morgan fingerprint density at radius 1 is 1.08 bits per heavy atom. The van der Waals surface area contributed by atoms with Gasteiger partial charge in [-0.25, -0.2) is 14.7 Å². The van der Waals surface area contributed by atoms with Crippen molar-refractivity contribution in [2.75, 3.05) is 4.90 Å². The minimum atomic E-state index is -0.869. The number of hydrazine groups is 1. The summed E-state index contributed by atoms with van der Waals surface area (Å²) in [5.41, 5.74) is 6.80. The summed E-state index contributed by atoms with van der Waals surface area (Å²) in [6.07, 6.45) is -0.0929. The Labute approximate surface area is 143 Å². The summed E-state index contributed by atoms with van der Waals surface area (Å²) in [6.45, 7) is 1.91. The third kappa shape index (κ3) is 3.56. The summed E-state index contributed by atoms with van der Waals surface area (Å²) >= 11 is 0. The number of nitrogens with one attached hydrogen (secondary N) is 2. The monoisotopic (exact) mass is 341 g/mol. The molecule has 2 aromatic rings. The van der Waals surface area contributed by atoms with Crippen LogP contribution in [0.3, 0.4) is 0 Å². The molecular formula is C18H16FN3O3. The van der Waals surface area contributed by atoms with Gasteiger partial charge in [-0.2, -0.15) is 0 Å². The molecule has 1 atom stereocenters. The van der Waals surface area contributed by atoms with Gasteiger partial charge < -0.3 is 0 Å². The molecule has 3 rings (SSSR count). The van der Waals surface area contributed by atoms with Gasteiger partial charge in [0.05, 0.1) is 12.1 Å². The lowest BCUT2D eigenvalue weighted by molar-refractivity contribution is -0.121. The number of imide groups is 1. The van der Waals surface area contributed by atoms with E-state index in [2.05, 4.69) is 10.9 Å². The van der Waals surface area contributed by atoms with E-state index in [1.54, 1.807) is 24.3 Å². The van der Waals surface area contributed by atoms with Crippen LogP contribution in [-0.4, -0.2) is 23.8 Å². The molecule has 2 N–H and O–H groups in total. The summed E-state index contributed by atoms with van der Waals surface area (Å²) in [5.74, 6) is -1.78. The lowest BCUT2D eigenvalue weighted by atomic mass is 10.1. The van der Waals surface area contributed by atoms with Crippen LogP contribution in [0.5, 0.6) is 0 Å². The van der Waals surface area contributed by atoms with Crippen LogP contribution in [0.1, 0.15) is 22.3 Å². The standard InChI is InChI=1S/C18H16FN3O3/c1-11-2-4-12(5-3-11)17(24)21-20-15-10-16(23)22(18(15)25)14-8-6-13(19)7-9-14/h2-9,15,20H,10H2,1H3,(H,21,24). The van der Waals surface area contributed by atoms with Crippen molar-refractivity contribution in [1.82, 2.24) is 10.9 Å². The van der Waals surface area contributed by atoms with Crippen molar-refractivity contribution in [3.8, 4) is 0 Å². The first-order chi connectivity index (χ1) is 12.0. The van der Waals surface area contributed by atoms with Gasteiger partial charge in [-0.05, 0) is 43.3 Å². The van der Waals surface area contributed by atoms with E-state index >= 15 is 0 Å². The number of amides is 3. The molecule has 128 valence electrons. The highest BCUT2D eigenvalue weighted by molar-refractivity contribution is 6.22. The largest absolute Gasteiger partial charge is 0.287 e. The Kier molecular flexibility index (Phi) is 4.58. The van der Waals surface area contributed by atoms with Gasteiger partial charge in [-0.15, -0.1) is 0 Å². The maximum atomic E-state index is 13.0. The van der Waals surface area contributed by atoms with Crippen LogP contribution in [0.15, 0.2) is 48.5 Å². The number of nitrogens with zero attached hydrogens (tertiary/aromatic N) is 1. The van der Waals surface area contributed by atoms with Crippen molar-refractivity contribution >= 4 is 23.4 Å². The van der Waals surface area contributed by atoms with Crippen molar-refractivity contribution in [3.05, 3.63) is 65.5 Å². The first-order valence-electron chi connectivity index (χ1n) is 7.70. The minimum absolute atomic E-state index is 0.0929. The molecule has 1 unspecified atom stereocenters. The van der Waals surface area contributed by atoms with E-state index < -0.39 is 29.6 Å². The number of anilines is 1. The topological polar surface area (TPSA) is 78.5 Å². The van der Waals surface area contributed by atoms with E-state index in [1.807, 2.05) is 6.92 Å². The number of rotatable bonds is 4. The Hall–Kier alpha value is -3.06. The maximum Gasteiger partial charge on any atom is 0.265 e. The molecule has 0 aliphatic carbocycles. The van der Waals surface area contributed by atoms with Gasteiger partial charge >= 0.3 is 0 Å². The number of hydrogen-bond donors (Lipinski definition) is 2. The molecule has 1 aliphatic heterocycles. The van der Waals surface area contributed by atoms with E-state index in [9.17, 15) is 18.8 Å². The molecule has 2 aromatic carbocycles. The maximum absolute atomic E-state index is 13.0. The van der Waals surface area contributed by atoms with Gasteiger partial charge in [0.2, 0.25) is 5.91 Å². The second kappa shape index (κ2) is 6.82. The van der Waals surface area contributed by atoms with Crippen molar-refractivity contribution in [2.24, 2.45) is 0 Å². The minimum Gasteiger partial charge on any atom is -0.287 e. The molecule has 0 spiro atoms. The zero-order valence-corrected chi connectivity index (χ0v) is 13.5. The summed E-state index contributed by atoms with van der Waals surface area (Å²) in [7, 11) is 0. The average molecular weight is 341 g/mol. The SMILES string of the molecule is Cc1ccc(C(=O)NNC2CC(=O)N(c3ccc(F)cc3)C2=O)cc1. The summed E-state index contributed by atoms with van der Waals surface area (Å²) in [4.78, 5) is 37.5. The van der Waals surface area contributed by atoms with Gasteiger partial charge in [0.1, 0.15) is 11.9 Å². The van der Waals surface area contributed by atoms with Gasteiger partial charge in [-0.1, -0.05) is 17.7 Å². The summed E-state index contributed by atoms with van der Waals surface area (Å²) in [5, 5.41) is 0. The van der Waals surface area contributed by atoms with Crippen LogP contribution in [-0.2, 0) is 9.59 Å². The lowest BCUT2D eigenvalue weighted by Crippen LogP contribution is -2.48. The van der Waals surface area contributed by atoms with Gasteiger partial charge in [0.25, 0.3) is 11.8 Å².